The van der Waals surface area contributed by atoms with Gasteiger partial charge in [-0.25, -0.2) is 4.98 Å². The van der Waals surface area contributed by atoms with Crippen molar-refractivity contribution in [1.82, 2.24) is 15.0 Å². The Hall–Kier alpha value is -3.11. The number of rotatable bonds is 6. The number of likely N-dealkylation sites (tertiary alicyclic amines) is 1. The summed E-state index contributed by atoms with van der Waals surface area (Å²) in [6, 6.07) is 4.54. The lowest BCUT2D eigenvalue weighted by Crippen LogP contribution is -2.44. The molecule has 2 aromatic rings. The highest BCUT2D eigenvalue weighted by Gasteiger charge is 2.44. The molecule has 1 N–H and O–H groups in total. The maximum absolute atomic E-state index is 13.0. The summed E-state index contributed by atoms with van der Waals surface area (Å²) >= 11 is 0. The van der Waals surface area contributed by atoms with Crippen LogP contribution in [0.25, 0.3) is 0 Å². The lowest BCUT2D eigenvalue weighted by atomic mass is 9.81. The molecule has 0 aromatic carbocycles. The minimum Gasteiger partial charge on any atom is -0.489 e. The summed E-state index contributed by atoms with van der Waals surface area (Å²) in [4.78, 5) is 31.4. The van der Waals surface area contributed by atoms with Gasteiger partial charge in [-0.1, -0.05) is 5.16 Å². The molecule has 0 unspecified atom stereocenters. The molecular formula is C22H25F3N4O4. The minimum absolute atomic E-state index is 0.00570. The van der Waals surface area contributed by atoms with Crippen LogP contribution in [0.2, 0.25) is 0 Å². The van der Waals surface area contributed by atoms with E-state index in [1.54, 1.807) is 17.0 Å². The smallest absolute Gasteiger partial charge is 0.391 e. The Morgan fingerprint density at radius 2 is 1.94 bits per heavy atom. The van der Waals surface area contributed by atoms with Gasteiger partial charge < -0.3 is 14.2 Å². The Labute approximate surface area is 188 Å². The van der Waals surface area contributed by atoms with Crippen LogP contribution in [0.1, 0.15) is 49.0 Å². The predicted octanol–water partition coefficient (Wildman–Crippen LogP) is 4.06. The van der Waals surface area contributed by atoms with Gasteiger partial charge >= 0.3 is 6.18 Å². The molecule has 178 valence electrons. The van der Waals surface area contributed by atoms with Crippen LogP contribution < -0.4 is 10.1 Å². The molecule has 2 amide bonds. The Kier molecular flexibility index (Phi) is 6.85. The molecule has 1 saturated carbocycles. The van der Waals surface area contributed by atoms with Crippen molar-refractivity contribution in [3.05, 3.63) is 36.3 Å². The molecule has 11 heteroatoms. The van der Waals surface area contributed by atoms with Crippen molar-refractivity contribution >= 4 is 17.7 Å². The zero-order chi connectivity index (χ0) is 23.4. The number of amides is 2. The highest BCUT2D eigenvalue weighted by molar-refractivity contribution is 6.03. The van der Waals surface area contributed by atoms with Crippen LogP contribution in [0.3, 0.4) is 0 Å². The monoisotopic (exact) mass is 466 g/mol. The highest BCUT2D eigenvalue weighted by Crippen LogP contribution is 2.40. The van der Waals surface area contributed by atoms with Crippen molar-refractivity contribution in [3.8, 4) is 5.75 Å². The number of alkyl halides is 3. The van der Waals surface area contributed by atoms with Gasteiger partial charge in [0.25, 0.3) is 5.91 Å². The molecule has 3 heterocycles. The number of ether oxygens (including phenoxy) is 1. The Bertz CT molecular complexity index is 959. The molecule has 4 rings (SSSR count). The Morgan fingerprint density at radius 3 is 2.64 bits per heavy atom. The zero-order valence-corrected chi connectivity index (χ0v) is 17.9. The average Bonchev–Trinajstić information content (AvgIpc) is 3.49. The molecular weight excluding hydrogens is 441 g/mol. The average molecular weight is 466 g/mol. The number of halogens is 3. The third kappa shape index (κ3) is 5.45. The molecule has 33 heavy (non-hydrogen) atoms. The molecule has 8 nitrogen and oxygen atoms in total. The summed E-state index contributed by atoms with van der Waals surface area (Å²) in [7, 11) is 0. The van der Waals surface area contributed by atoms with Crippen molar-refractivity contribution in [2.45, 2.75) is 50.7 Å². The number of hydrogen-bond acceptors (Lipinski definition) is 6. The third-order valence-electron chi connectivity index (χ3n) is 6.29. The zero-order valence-electron chi connectivity index (χ0n) is 17.9. The summed E-state index contributed by atoms with van der Waals surface area (Å²) in [5.41, 5.74) is 0.0650. The van der Waals surface area contributed by atoms with E-state index in [2.05, 4.69) is 15.5 Å². The van der Waals surface area contributed by atoms with E-state index in [-0.39, 0.29) is 67.5 Å². The molecule has 0 radical (unpaired) electrons. The molecule has 2 aromatic heterocycles. The summed E-state index contributed by atoms with van der Waals surface area (Å²) in [6.45, 7) is 0.718. The molecule has 0 bridgehead atoms. The second-order valence-electron chi connectivity index (χ2n) is 8.41. The normalized spacial score (nSPS) is 23.4. The fraction of sp³-hybridized carbons (Fsp3) is 0.545. The fourth-order valence-electron chi connectivity index (χ4n) is 4.52. The Balaban J connectivity index is 1.35. The van der Waals surface area contributed by atoms with Crippen molar-refractivity contribution in [2.75, 3.05) is 18.5 Å². The molecule has 2 fully saturated rings. The van der Waals surface area contributed by atoms with Gasteiger partial charge in [0.2, 0.25) is 11.8 Å². The van der Waals surface area contributed by atoms with E-state index in [1.807, 2.05) is 0 Å². The molecule has 1 aliphatic carbocycles. The number of pyridine rings is 1. The van der Waals surface area contributed by atoms with Gasteiger partial charge in [-0.2, -0.15) is 13.2 Å². The number of carbonyl (C=O) groups excluding carboxylic acids is 2. The van der Waals surface area contributed by atoms with E-state index in [0.29, 0.717) is 6.54 Å². The highest BCUT2D eigenvalue weighted by atomic mass is 19.4. The molecule has 2 aliphatic rings. The lowest BCUT2D eigenvalue weighted by molar-refractivity contribution is -0.185. The van der Waals surface area contributed by atoms with Gasteiger partial charge in [0.15, 0.2) is 11.4 Å². The first-order valence-electron chi connectivity index (χ1n) is 11.0. The fourth-order valence-corrected chi connectivity index (χ4v) is 4.52. The van der Waals surface area contributed by atoms with Gasteiger partial charge in [0, 0.05) is 24.7 Å². The van der Waals surface area contributed by atoms with Gasteiger partial charge in [0.05, 0.1) is 18.2 Å². The molecule has 1 aliphatic heterocycles. The first kappa shape index (κ1) is 23.1. The van der Waals surface area contributed by atoms with E-state index in [9.17, 15) is 22.8 Å². The van der Waals surface area contributed by atoms with Crippen LogP contribution in [0, 0.1) is 11.8 Å². The maximum Gasteiger partial charge on any atom is 0.391 e. The quantitative estimate of drug-likeness (QED) is 0.690. The van der Waals surface area contributed by atoms with Crippen molar-refractivity contribution in [1.29, 1.82) is 0 Å². The first-order valence-corrected chi connectivity index (χ1v) is 11.0. The minimum atomic E-state index is -4.20. The summed E-state index contributed by atoms with van der Waals surface area (Å²) in [5.74, 6) is -1.89. The SMILES string of the molecule is O=C(Nc1ccno1)c1ncccc1OC[C@H]1CCCN1C(=O)C1CCC(C(F)(F)F)CC1. The number of hydrogen-bond donors (Lipinski definition) is 1. The van der Waals surface area contributed by atoms with Gasteiger partial charge in [-0.05, 0) is 50.7 Å². The number of carbonyl (C=O) groups is 2. The number of aromatic nitrogens is 2. The molecule has 0 spiro atoms. The van der Waals surface area contributed by atoms with Crippen LogP contribution in [0.5, 0.6) is 5.75 Å². The summed E-state index contributed by atoms with van der Waals surface area (Å²) in [6.07, 6.45) is 0.676. The van der Waals surface area contributed by atoms with E-state index in [1.165, 1.54) is 18.5 Å². The molecule has 1 saturated heterocycles. The standard InChI is InChI=1S/C22H25F3N4O4/c23-22(24,25)15-7-5-14(6-8-15)21(31)29-12-2-3-16(29)13-32-17-4-1-10-26-19(17)20(30)28-18-9-11-27-33-18/h1,4,9-11,14-16H,2-3,5-8,12-13H2,(H,28,30)/t14?,15?,16-/m1/s1. The van der Waals surface area contributed by atoms with Crippen LogP contribution in [-0.4, -0.2) is 52.2 Å². The number of anilines is 1. The lowest BCUT2D eigenvalue weighted by Gasteiger charge is -2.33. The van der Waals surface area contributed by atoms with E-state index >= 15 is 0 Å². The van der Waals surface area contributed by atoms with E-state index in [4.69, 9.17) is 9.26 Å². The van der Waals surface area contributed by atoms with Crippen LogP contribution in [-0.2, 0) is 4.79 Å². The topological polar surface area (TPSA) is 97.6 Å². The van der Waals surface area contributed by atoms with Crippen molar-refractivity contribution < 1.29 is 32.0 Å². The van der Waals surface area contributed by atoms with E-state index in [0.717, 1.165) is 12.8 Å². The summed E-state index contributed by atoms with van der Waals surface area (Å²) < 4.78 is 49.6. The largest absolute Gasteiger partial charge is 0.489 e. The Morgan fingerprint density at radius 1 is 1.15 bits per heavy atom. The van der Waals surface area contributed by atoms with Crippen LogP contribution >= 0.6 is 0 Å². The van der Waals surface area contributed by atoms with Crippen LogP contribution in [0.4, 0.5) is 19.1 Å². The second-order valence-corrected chi connectivity index (χ2v) is 8.41. The second kappa shape index (κ2) is 9.80. The van der Waals surface area contributed by atoms with Gasteiger partial charge in [-0.15, -0.1) is 0 Å². The van der Waals surface area contributed by atoms with Crippen molar-refractivity contribution in [3.63, 3.8) is 0 Å². The van der Waals surface area contributed by atoms with Gasteiger partial charge in [0.1, 0.15) is 6.61 Å². The maximum atomic E-state index is 13.0. The first-order chi connectivity index (χ1) is 15.8. The van der Waals surface area contributed by atoms with Crippen LogP contribution in [0.15, 0.2) is 35.1 Å². The third-order valence-corrected chi connectivity index (χ3v) is 6.29. The predicted molar refractivity (Wildman–Crippen MR) is 110 cm³/mol. The number of nitrogens with zero attached hydrogens (tertiary/aromatic N) is 3. The van der Waals surface area contributed by atoms with Gasteiger partial charge in [-0.3, -0.25) is 14.9 Å². The van der Waals surface area contributed by atoms with E-state index < -0.39 is 18.0 Å². The van der Waals surface area contributed by atoms with Crippen molar-refractivity contribution in [2.24, 2.45) is 11.8 Å². The summed E-state index contributed by atoms with van der Waals surface area (Å²) in [5, 5.41) is 6.06. The molecule has 1 atom stereocenters. The number of nitrogens with one attached hydrogen (secondary N) is 1.